The van der Waals surface area contributed by atoms with Crippen LogP contribution < -0.4 is 10.6 Å². The van der Waals surface area contributed by atoms with Gasteiger partial charge >= 0.3 is 0 Å². The highest BCUT2D eigenvalue weighted by Gasteiger charge is 2.43. The molecule has 2 aliphatic carbocycles. The molecule has 3 fully saturated rings. The van der Waals surface area contributed by atoms with Gasteiger partial charge in [-0.15, -0.1) is 11.3 Å². The first-order chi connectivity index (χ1) is 15.5. The van der Waals surface area contributed by atoms with E-state index in [1.165, 1.54) is 11.3 Å². The Morgan fingerprint density at radius 3 is 2.59 bits per heavy atom. The molecule has 1 aliphatic heterocycles. The van der Waals surface area contributed by atoms with Crippen LogP contribution in [0.5, 0.6) is 0 Å². The van der Waals surface area contributed by atoms with Gasteiger partial charge < -0.3 is 20.6 Å². The molecule has 9 nitrogen and oxygen atoms in total. The predicted molar refractivity (Wildman–Crippen MR) is 122 cm³/mol. The van der Waals surface area contributed by atoms with Crippen LogP contribution in [0, 0.1) is 5.92 Å². The second kappa shape index (κ2) is 8.86. The quantitative estimate of drug-likeness (QED) is 0.462. The Balaban J connectivity index is 1.51. The van der Waals surface area contributed by atoms with Gasteiger partial charge in [0.25, 0.3) is 0 Å². The third kappa shape index (κ3) is 4.03. The number of guanidine groups is 1. The molecule has 1 amide bonds. The van der Waals surface area contributed by atoms with Gasteiger partial charge in [0.15, 0.2) is 0 Å². The molecule has 0 spiro atoms. The van der Waals surface area contributed by atoms with Crippen LogP contribution in [-0.4, -0.2) is 68.9 Å². The molecule has 1 aromatic heterocycles. The Morgan fingerprint density at radius 1 is 1.09 bits per heavy atom. The Bertz CT molecular complexity index is 1030. The maximum atomic E-state index is 13.2. The fourth-order valence-corrected chi connectivity index (χ4v) is 5.82. The van der Waals surface area contributed by atoms with Gasteiger partial charge in [-0.3, -0.25) is 15.1 Å². The molecule has 1 unspecified atom stereocenters. The zero-order valence-corrected chi connectivity index (χ0v) is 18.3. The van der Waals surface area contributed by atoms with Crippen molar-refractivity contribution >= 4 is 39.3 Å². The smallest absolute Gasteiger partial charge is 0.244 e. The Labute approximate surface area is 189 Å². The number of thiazole rings is 1. The molecule has 5 rings (SSSR count). The number of aliphatic hydroxyl groups is 3. The summed E-state index contributed by atoms with van der Waals surface area (Å²) in [5.74, 6) is -0.772. The highest BCUT2D eigenvalue weighted by molar-refractivity contribution is 7.18. The molecule has 32 heavy (non-hydrogen) atoms. The fourth-order valence-electron chi connectivity index (χ4n) is 4.75. The average Bonchev–Trinajstić information content (AvgIpc) is 3.49. The van der Waals surface area contributed by atoms with Crippen molar-refractivity contribution in [2.24, 2.45) is 15.9 Å². The molecule has 5 N–H and O–H groups in total. The van der Waals surface area contributed by atoms with E-state index in [0.717, 1.165) is 35.9 Å². The van der Waals surface area contributed by atoms with E-state index >= 15 is 0 Å². The Morgan fingerprint density at radius 2 is 1.88 bits per heavy atom. The standard InChI is InChI=1S/C22H27N5O4S/c28-10-11-9-14(18(30)17(11)29)24-19-16(21-25-13-7-3-4-8-15(13)32-21)20(31)27-22(26-19)23-12-5-1-2-6-12/h3-4,7-8,11-12,14,16-18,28-30H,1-2,5-6,9-10H2,(H2,23,24,26,27,31)/t11-,14-,16?,17-,18+/m1/s1. The summed E-state index contributed by atoms with van der Waals surface area (Å²) in [4.78, 5) is 27.2. The van der Waals surface area contributed by atoms with Crippen molar-refractivity contribution in [3.8, 4) is 0 Å². The molecule has 3 aliphatic rings. The SMILES string of the molecule is O=C1NC(=NC2CCCC2)NC(=N[C@@H]2C[C@H](CO)[C@@H](O)[C@H]2O)C1c1nc2ccccc2s1. The molecule has 2 aromatic rings. The van der Waals surface area contributed by atoms with Crippen LogP contribution in [0.25, 0.3) is 10.2 Å². The number of amides is 1. The molecule has 1 aromatic carbocycles. The largest absolute Gasteiger partial charge is 0.396 e. The third-order valence-corrected chi connectivity index (χ3v) is 7.63. The third-order valence-electron chi connectivity index (χ3n) is 6.53. The molecule has 10 heteroatoms. The maximum Gasteiger partial charge on any atom is 0.244 e. The number of benzene rings is 1. The number of hydrogen-bond acceptors (Lipinski definition) is 8. The number of nitrogens with one attached hydrogen (secondary N) is 2. The number of hydrogen-bond donors (Lipinski definition) is 5. The van der Waals surface area contributed by atoms with E-state index in [4.69, 9.17) is 0 Å². The van der Waals surface area contributed by atoms with Crippen molar-refractivity contribution in [1.29, 1.82) is 0 Å². The molecule has 2 saturated carbocycles. The highest BCUT2D eigenvalue weighted by atomic mass is 32.1. The molecule has 0 bridgehead atoms. The summed E-state index contributed by atoms with van der Waals surface area (Å²) in [5.41, 5.74) is 0.807. The van der Waals surface area contributed by atoms with Crippen molar-refractivity contribution < 1.29 is 20.1 Å². The number of carbonyl (C=O) groups excluding carboxylic acids is 1. The van der Waals surface area contributed by atoms with Crippen molar-refractivity contribution in [3.05, 3.63) is 29.3 Å². The average molecular weight is 458 g/mol. The minimum atomic E-state index is -1.11. The zero-order chi connectivity index (χ0) is 22.2. The lowest BCUT2D eigenvalue weighted by atomic mass is 10.1. The first-order valence-electron chi connectivity index (χ1n) is 11.1. The number of aromatic nitrogens is 1. The lowest BCUT2D eigenvalue weighted by Gasteiger charge is -2.27. The van der Waals surface area contributed by atoms with Crippen molar-refractivity contribution in [2.45, 2.75) is 62.3 Å². The Hall–Kier alpha value is -2.40. The van der Waals surface area contributed by atoms with Crippen LogP contribution in [0.1, 0.15) is 43.0 Å². The van der Waals surface area contributed by atoms with Gasteiger partial charge in [-0.2, -0.15) is 0 Å². The summed E-state index contributed by atoms with van der Waals surface area (Å²) in [5, 5.41) is 36.8. The summed E-state index contributed by atoms with van der Waals surface area (Å²) >= 11 is 1.43. The highest BCUT2D eigenvalue weighted by Crippen LogP contribution is 2.33. The number of amidine groups is 1. The summed E-state index contributed by atoms with van der Waals surface area (Å²) < 4.78 is 0.969. The molecule has 170 valence electrons. The van der Waals surface area contributed by atoms with Gasteiger partial charge in [-0.05, 0) is 31.4 Å². The summed E-state index contributed by atoms with van der Waals surface area (Å²) in [6, 6.07) is 7.21. The van der Waals surface area contributed by atoms with Gasteiger partial charge in [0.2, 0.25) is 11.9 Å². The van der Waals surface area contributed by atoms with Gasteiger partial charge in [0, 0.05) is 12.5 Å². The van der Waals surface area contributed by atoms with Crippen LogP contribution in [0.4, 0.5) is 0 Å². The van der Waals surface area contributed by atoms with E-state index in [1.54, 1.807) is 0 Å². The van der Waals surface area contributed by atoms with E-state index < -0.39 is 30.1 Å². The van der Waals surface area contributed by atoms with E-state index in [2.05, 4.69) is 25.6 Å². The number of fused-ring (bicyclic) bond motifs is 1. The molecular weight excluding hydrogens is 430 g/mol. The van der Waals surface area contributed by atoms with Crippen molar-refractivity contribution in [3.63, 3.8) is 0 Å². The van der Waals surface area contributed by atoms with Crippen LogP contribution >= 0.6 is 11.3 Å². The predicted octanol–water partition coefficient (Wildman–Crippen LogP) is 0.899. The monoisotopic (exact) mass is 457 g/mol. The number of aliphatic imine (C=N–C) groups is 2. The minimum Gasteiger partial charge on any atom is -0.396 e. The molecular formula is C22H27N5O4S. The lowest BCUT2D eigenvalue weighted by Crippen LogP contribution is -2.56. The second-order valence-electron chi connectivity index (χ2n) is 8.72. The van der Waals surface area contributed by atoms with E-state index in [9.17, 15) is 20.1 Å². The first-order valence-corrected chi connectivity index (χ1v) is 11.9. The fraction of sp³-hybridized carbons (Fsp3) is 0.545. The number of rotatable bonds is 4. The van der Waals surface area contributed by atoms with Crippen molar-refractivity contribution in [1.82, 2.24) is 15.6 Å². The van der Waals surface area contributed by atoms with Crippen LogP contribution in [-0.2, 0) is 4.79 Å². The van der Waals surface area contributed by atoms with E-state index in [1.807, 2.05) is 24.3 Å². The van der Waals surface area contributed by atoms with Crippen LogP contribution in [0.3, 0.4) is 0 Å². The Kier molecular flexibility index (Phi) is 5.93. The summed E-state index contributed by atoms with van der Waals surface area (Å²) in [6.07, 6.45) is 2.38. The van der Waals surface area contributed by atoms with Crippen LogP contribution in [0.15, 0.2) is 34.3 Å². The molecule has 2 heterocycles. The summed E-state index contributed by atoms with van der Waals surface area (Å²) in [6.45, 7) is -0.233. The minimum absolute atomic E-state index is 0.163. The number of nitrogens with zero attached hydrogens (tertiary/aromatic N) is 3. The van der Waals surface area contributed by atoms with E-state index in [0.29, 0.717) is 23.2 Å². The van der Waals surface area contributed by atoms with Gasteiger partial charge in [-0.25, -0.2) is 9.98 Å². The lowest BCUT2D eigenvalue weighted by molar-refractivity contribution is -0.120. The van der Waals surface area contributed by atoms with Gasteiger partial charge in [0.05, 0.1) is 28.4 Å². The number of aliphatic hydroxyl groups excluding tert-OH is 3. The van der Waals surface area contributed by atoms with E-state index in [-0.39, 0.29) is 18.6 Å². The van der Waals surface area contributed by atoms with Gasteiger partial charge in [0.1, 0.15) is 22.9 Å². The number of para-hydroxylation sites is 1. The van der Waals surface area contributed by atoms with Crippen molar-refractivity contribution in [2.75, 3.05) is 6.61 Å². The van der Waals surface area contributed by atoms with Gasteiger partial charge in [-0.1, -0.05) is 25.0 Å². The molecule has 1 saturated heterocycles. The first kappa shape index (κ1) is 21.4. The zero-order valence-electron chi connectivity index (χ0n) is 17.5. The topological polar surface area (TPSA) is 139 Å². The number of carbonyl (C=O) groups is 1. The molecule has 5 atom stereocenters. The van der Waals surface area contributed by atoms with Crippen LogP contribution in [0.2, 0.25) is 0 Å². The summed E-state index contributed by atoms with van der Waals surface area (Å²) in [7, 11) is 0. The maximum absolute atomic E-state index is 13.2. The second-order valence-corrected chi connectivity index (χ2v) is 9.79. The normalized spacial score (nSPS) is 33.8. The molecule has 0 radical (unpaired) electrons.